The number of rotatable bonds is 4. The maximum Gasteiger partial charge on any atom is 0.0422 e. The number of benzene rings is 2. The molecule has 0 spiro atoms. The smallest absolute Gasteiger partial charge is 0.0422 e. The number of piperidine rings is 1. The second-order valence-electron chi connectivity index (χ2n) is 7.28. The Labute approximate surface area is 158 Å². The molecular formula is C21H26BrN3. The van der Waals surface area contributed by atoms with Gasteiger partial charge in [0.1, 0.15) is 0 Å². The zero-order valence-electron chi connectivity index (χ0n) is 14.6. The molecule has 4 rings (SSSR count). The summed E-state index contributed by atoms with van der Waals surface area (Å²) >= 11 is 3.51. The molecular weight excluding hydrogens is 374 g/mol. The standard InChI is InChI=1S/C21H26BrN3/c22-18-4-1-16(2-5-18)7-11-24-12-9-20(10-13-24)25-14-8-17-3-6-19(23)15-21(17)25/h1-6,15,20H,7-14,23H2. The topological polar surface area (TPSA) is 32.5 Å². The van der Waals surface area contributed by atoms with Gasteiger partial charge in [-0.15, -0.1) is 0 Å². The van der Waals surface area contributed by atoms with Gasteiger partial charge >= 0.3 is 0 Å². The van der Waals surface area contributed by atoms with Gasteiger partial charge in [-0.05, 0) is 61.1 Å². The van der Waals surface area contributed by atoms with Crippen LogP contribution in [-0.4, -0.2) is 37.1 Å². The van der Waals surface area contributed by atoms with Gasteiger partial charge in [-0.3, -0.25) is 0 Å². The number of hydrogen-bond acceptors (Lipinski definition) is 3. The van der Waals surface area contributed by atoms with E-state index in [4.69, 9.17) is 5.73 Å². The first-order valence-corrected chi connectivity index (χ1v) is 10.1. The molecule has 0 radical (unpaired) electrons. The fraction of sp³-hybridized carbons (Fsp3) is 0.429. The number of anilines is 2. The molecule has 0 aromatic heterocycles. The van der Waals surface area contributed by atoms with Crippen molar-refractivity contribution in [3.63, 3.8) is 0 Å². The molecule has 2 N–H and O–H groups in total. The molecule has 2 aromatic rings. The van der Waals surface area contributed by atoms with Crippen LogP contribution in [0.25, 0.3) is 0 Å². The largest absolute Gasteiger partial charge is 0.399 e. The van der Waals surface area contributed by atoms with E-state index < -0.39 is 0 Å². The SMILES string of the molecule is Nc1ccc2c(c1)N(C1CCN(CCc3ccc(Br)cc3)CC1)CC2. The van der Waals surface area contributed by atoms with Crippen LogP contribution in [0.1, 0.15) is 24.0 Å². The monoisotopic (exact) mass is 399 g/mol. The molecule has 0 bridgehead atoms. The highest BCUT2D eigenvalue weighted by molar-refractivity contribution is 9.10. The highest BCUT2D eigenvalue weighted by Crippen LogP contribution is 2.34. The molecule has 0 aliphatic carbocycles. The summed E-state index contributed by atoms with van der Waals surface area (Å²) in [7, 11) is 0. The van der Waals surface area contributed by atoms with Crippen molar-refractivity contribution in [2.24, 2.45) is 0 Å². The van der Waals surface area contributed by atoms with E-state index in [0.29, 0.717) is 6.04 Å². The molecule has 2 heterocycles. The van der Waals surface area contributed by atoms with Crippen molar-refractivity contribution in [2.75, 3.05) is 36.8 Å². The lowest BCUT2D eigenvalue weighted by molar-refractivity contribution is 0.212. The van der Waals surface area contributed by atoms with Crippen LogP contribution in [0.15, 0.2) is 46.9 Å². The molecule has 0 unspecified atom stereocenters. The summed E-state index contributed by atoms with van der Waals surface area (Å²) in [6, 6.07) is 15.8. The second-order valence-corrected chi connectivity index (χ2v) is 8.20. The van der Waals surface area contributed by atoms with Crippen molar-refractivity contribution in [1.29, 1.82) is 0 Å². The number of nitrogens with zero attached hydrogens (tertiary/aromatic N) is 2. The van der Waals surface area contributed by atoms with E-state index >= 15 is 0 Å². The Morgan fingerprint density at radius 1 is 1.00 bits per heavy atom. The summed E-state index contributed by atoms with van der Waals surface area (Å²) in [6.07, 6.45) is 4.82. The summed E-state index contributed by atoms with van der Waals surface area (Å²) in [5.41, 5.74) is 11.2. The number of halogens is 1. The van der Waals surface area contributed by atoms with E-state index in [1.54, 1.807) is 0 Å². The van der Waals surface area contributed by atoms with Crippen LogP contribution < -0.4 is 10.6 Å². The number of nitrogens with two attached hydrogens (primary N) is 1. The first-order chi connectivity index (χ1) is 12.2. The lowest BCUT2D eigenvalue weighted by Gasteiger charge is -2.38. The third-order valence-corrected chi connectivity index (χ3v) is 6.20. The Hall–Kier alpha value is -1.52. The molecule has 0 amide bonds. The van der Waals surface area contributed by atoms with Gasteiger partial charge in [-0.1, -0.05) is 34.1 Å². The first-order valence-electron chi connectivity index (χ1n) is 9.31. The van der Waals surface area contributed by atoms with Crippen LogP contribution in [0.4, 0.5) is 11.4 Å². The van der Waals surface area contributed by atoms with Crippen LogP contribution in [-0.2, 0) is 12.8 Å². The van der Waals surface area contributed by atoms with E-state index in [0.717, 1.165) is 29.7 Å². The zero-order chi connectivity index (χ0) is 17.2. The van der Waals surface area contributed by atoms with Crippen molar-refractivity contribution < 1.29 is 0 Å². The Kier molecular flexibility index (Phi) is 5.00. The molecule has 1 fully saturated rings. The van der Waals surface area contributed by atoms with Crippen molar-refractivity contribution in [3.8, 4) is 0 Å². The molecule has 1 saturated heterocycles. The highest BCUT2D eigenvalue weighted by Gasteiger charge is 2.29. The van der Waals surface area contributed by atoms with Crippen LogP contribution in [0, 0.1) is 0 Å². The predicted molar refractivity (Wildman–Crippen MR) is 109 cm³/mol. The zero-order valence-corrected chi connectivity index (χ0v) is 16.2. The lowest BCUT2D eigenvalue weighted by atomic mass is 10.0. The van der Waals surface area contributed by atoms with E-state index in [1.165, 1.54) is 49.2 Å². The normalized spacial score (nSPS) is 18.5. The minimum atomic E-state index is 0.673. The van der Waals surface area contributed by atoms with Crippen LogP contribution >= 0.6 is 15.9 Å². The average molecular weight is 400 g/mol. The molecule has 2 aliphatic rings. The van der Waals surface area contributed by atoms with E-state index in [2.05, 4.69) is 62.1 Å². The summed E-state index contributed by atoms with van der Waals surface area (Å²) in [5, 5.41) is 0. The summed E-state index contributed by atoms with van der Waals surface area (Å²) < 4.78 is 1.16. The molecule has 132 valence electrons. The fourth-order valence-electron chi connectivity index (χ4n) is 4.19. The number of fused-ring (bicyclic) bond motifs is 1. The Morgan fingerprint density at radius 3 is 2.52 bits per heavy atom. The first kappa shape index (κ1) is 16.9. The third-order valence-electron chi connectivity index (χ3n) is 5.67. The lowest BCUT2D eigenvalue weighted by Crippen LogP contribution is -2.45. The summed E-state index contributed by atoms with van der Waals surface area (Å²) in [4.78, 5) is 5.23. The molecule has 3 nitrogen and oxygen atoms in total. The van der Waals surface area contributed by atoms with Gasteiger partial charge in [0.25, 0.3) is 0 Å². The number of hydrogen-bond donors (Lipinski definition) is 1. The number of nitrogen functional groups attached to an aromatic ring is 1. The molecule has 2 aromatic carbocycles. The van der Waals surface area contributed by atoms with Crippen LogP contribution in [0.2, 0.25) is 0 Å². The second kappa shape index (κ2) is 7.38. The Balaban J connectivity index is 1.30. The van der Waals surface area contributed by atoms with E-state index in [-0.39, 0.29) is 0 Å². The number of likely N-dealkylation sites (tertiary alicyclic amines) is 1. The maximum absolute atomic E-state index is 6.01. The molecule has 0 atom stereocenters. The molecule has 0 saturated carbocycles. The van der Waals surface area contributed by atoms with Crippen LogP contribution in [0.5, 0.6) is 0 Å². The summed E-state index contributed by atoms with van der Waals surface area (Å²) in [6.45, 7) is 4.73. The van der Waals surface area contributed by atoms with Crippen molar-refractivity contribution in [1.82, 2.24) is 4.90 Å². The van der Waals surface area contributed by atoms with Gasteiger partial charge in [0.05, 0.1) is 0 Å². The van der Waals surface area contributed by atoms with Gasteiger partial charge < -0.3 is 15.5 Å². The third kappa shape index (κ3) is 3.85. The van der Waals surface area contributed by atoms with Gasteiger partial charge in [-0.2, -0.15) is 0 Å². The molecule has 2 aliphatic heterocycles. The van der Waals surface area contributed by atoms with Crippen molar-refractivity contribution in [2.45, 2.75) is 31.7 Å². The van der Waals surface area contributed by atoms with Crippen LogP contribution in [0.3, 0.4) is 0 Å². The van der Waals surface area contributed by atoms with E-state index in [9.17, 15) is 0 Å². The molecule has 25 heavy (non-hydrogen) atoms. The Morgan fingerprint density at radius 2 is 1.76 bits per heavy atom. The van der Waals surface area contributed by atoms with Crippen molar-refractivity contribution >= 4 is 27.3 Å². The van der Waals surface area contributed by atoms with Gasteiger partial charge in [0, 0.05) is 48.1 Å². The highest BCUT2D eigenvalue weighted by atomic mass is 79.9. The quantitative estimate of drug-likeness (QED) is 0.785. The van der Waals surface area contributed by atoms with E-state index in [1.807, 2.05) is 6.07 Å². The summed E-state index contributed by atoms with van der Waals surface area (Å²) in [5.74, 6) is 0. The average Bonchev–Trinajstić information content (AvgIpc) is 3.05. The fourth-order valence-corrected chi connectivity index (χ4v) is 4.46. The minimum absolute atomic E-state index is 0.673. The maximum atomic E-state index is 6.01. The van der Waals surface area contributed by atoms with Crippen molar-refractivity contribution in [3.05, 3.63) is 58.1 Å². The Bertz CT molecular complexity index is 720. The predicted octanol–water partition coefficient (Wildman–Crippen LogP) is 4.10. The van der Waals surface area contributed by atoms with Gasteiger partial charge in [-0.25, -0.2) is 0 Å². The molecule has 4 heteroatoms. The van der Waals surface area contributed by atoms with Gasteiger partial charge in [0.15, 0.2) is 0 Å². The van der Waals surface area contributed by atoms with Gasteiger partial charge in [0.2, 0.25) is 0 Å². The minimum Gasteiger partial charge on any atom is -0.399 e.